The molecule has 3 nitrogen and oxygen atoms in total. The highest BCUT2D eigenvalue weighted by molar-refractivity contribution is 9.10. The zero-order chi connectivity index (χ0) is 11.3. The van der Waals surface area contributed by atoms with Crippen LogP contribution in [0, 0.1) is 0 Å². The van der Waals surface area contributed by atoms with Gasteiger partial charge in [-0.2, -0.15) is 0 Å². The fourth-order valence-electron chi connectivity index (χ4n) is 1.40. The largest absolute Gasteiger partial charge is 0.352 e. The van der Waals surface area contributed by atoms with Gasteiger partial charge in [-0.1, -0.05) is 28.1 Å². The van der Waals surface area contributed by atoms with E-state index in [1.807, 2.05) is 31.2 Å². The Hall–Kier alpha value is -0.580. The second kappa shape index (κ2) is 7.65. The van der Waals surface area contributed by atoms with Crippen molar-refractivity contribution in [1.82, 2.24) is 5.32 Å². The number of carbonyl (C=O) groups excluding carboxylic acids is 1. The molecule has 0 fully saturated rings. The van der Waals surface area contributed by atoms with E-state index in [-0.39, 0.29) is 30.9 Å². The van der Waals surface area contributed by atoms with Crippen molar-refractivity contribution in [3.63, 3.8) is 0 Å². The minimum absolute atomic E-state index is 0. The van der Waals surface area contributed by atoms with E-state index in [0.717, 1.165) is 10.9 Å². The molecule has 0 spiro atoms. The number of carbonyl (C=O) groups is 1. The molecule has 16 heavy (non-hydrogen) atoms. The first-order valence-electron chi connectivity index (χ1n) is 4.85. The summed E-state index contributed by atoms with van der Waals surface area (Å²) in [5.41, 5.74) is 6.41. The Bertz CT molecular complexity index is 347. The Balaban J connectivity index is 0.00000225. The number of benzene rings is 1. The predicted octanol–water partition coefficient (Wildman–Crippen LogP) is 1.88. The maximum atomic E-state index is 11.0. The molecule has 0 aromatic heterocycles. The van der Waals surface area contributed by atoms with Crippen LogP contribution in [-0.4, -0.2) is 18.5 Å². The van der Waals surface area contributed by atoms with Crippen LogP contribution < -0.4 is 11.1 Å². The molecular weight excluding hydrogens is 291 g/mol. The molecule has 1 rings (SSSR count). The first kappa shape index (κ1) is 15.4. The third kappa shape index (κ3) is 5.49. The van der Waals surface area contributed by atoms with E-state index in [0.29, 0.717) is 0 Å². The molecule has 0 bridgehead atoms. The van der Waals surface area contributed by atoms with Crippen molar-refractivity contribution in [1.29, 1.82) is 0 Å². The topological polar surface area (TPSA) is 55.1 Å². The SMILES string of the molecule is CC(Cc1cccc(Br)c1)NC(=O)CN.Cl. The van der Waals surface area contributed by atoms with E-state index in [1.165, 1.54) is 5.56 Å². The molecule has 1 atom stereocenters. The molecule has 1 unspecified atom stereocenters. The zero-order valence-corrected chi connectivity index (χ0v) is 11.5. The van der Waals surface area contributed by atoms with Gasteiger partial charge in [0.1, 0.15) is 0 Å². The number of nitrogens with one attached hydrogen (secondary N) is 1. The van der Waals surface area contributed by atoms with Crippen LogP contribution in [0.25, 0.3) is 0 Å². The molecule has 1 aromatic rings. The van der Waals surface area contributed by atoms with Gasteiger partial charge in [0.2, 0.25) is 5.91 Å². The van der Waals surface area contributed by atoms with Crippen LogP contribution in [0.2, 0.25) is 0 Å². The summed E-state index contributed by atoms with van der Waals surface area (Å²) in [6.45, 7) is 2.01. The smallest absolute Gasteiger partial charge is 0.233 e. The molecule has 0 aliphatic rings. The van der Waals surface area contributed by atoms with Crippen molar-refractivity contribution >= 4 is 34.2 Å². The Morgan fingerprint density at radius 2 is 2.25 bits per heavy atom. The summed E-state index contributed by atoms with van der Waals surface area (Å²) < 4.78 is 1.05. The molecular formula is C11H16BrClN2O. The fourth-order valence-corrected chi connectivity index (χ4v) is 1.85. The summed E-state index contributed by atoms with van der Waals surface area (Å²) in [5.74, 6) is -0.113. The van der Waals surface area contributed by atoms with E-state index >= 15 is 0 Å². The lowest BCUT2D eigenvalue weighted by molar-refractivity contribution is -0.120. The molecule has 1 amide bonds. The number of nitrogens with two attached hydrogens (primary N) is 1. The van der Waals surface area contributed by atoms with Gasteiger partial charge in [-0.3, -0.25) is 4.79 Å². The molecule has 0 heterocycles. The van der Waals surface area contributed by atoms with Gasteiger partial charge in [-0.25, -0.2) is 0 Å². The summed E-state index contributed by atoms with van der Waals surface area (Å²) in [4.78, 5) is 11.0. The van der Waals surface area contributed by atoms with Gasteiger partial charge in [-0.05, 0) is 31.0 Å². The van der Waals surface area contributed by atoms with Crippen LogP contribution in [0.1, 0.15) is 12.5 Å². The maximum Gasteiger partial charge on any atom is 0.233 e. The standard InChI is InChI=1S/C11H15BrN2O.ClH/c1-8(14-11(15)7-13)5-9-3-2-4-10(12)6-9;/h2-4,6,8H,5,7,13H2,1H3,(H,14,15);1H. The van der Waals surface area contributed by atoms with Gasteiger partial charge in [-0.15, -0.1) is 12.4 Å². The Labute approximate surface area is 110 Å². The number of hydrogen-bond acceptors (Lipinski definition) is 2. The Kier molecular flexibility index (Phi) is 7.38. The van der Waals surface area contributed by atoms with E-state index in [2.05, 4.69) is 21.2 Å². The molecule has 0 radical (unpaired) electrons. The van der Waals surface area contributed by atoms with E-state index < -0.39 is 0 Å². The first-order valence-corrected chi connectivity index (χ1v) is 5.65. The van der Waals surface area contributed by atoms with Gasteiger partial charge in [0.15, 0.2) is 0 Å². The highest BCUT2D eigenvalue weighted by Gasteiger charge is 2.06. The maximum absolute atomic E-state index is 11.0. The average molecular weight is 308 g/mol. The van der Waals surface area contributed by atoms with Gasteiger partial charge in [0, 0.05) is 10.5 Å². The summed E-state index contributed by atoms with van der Waals surface area (Å²) in [7, 11) is 0. The minimum Gasteiger partial charge on any atom is -0.352 e. The second-order valence-electron chi connectivity index (χ2n) is 3.51. The zero-order valence-electron chi connectivity index (χ0n) is 9.07. The number of halogens is 2. The quantitative estimate of drug-likeness (QED) is 0.892. The van der Waals surface area contributed by atoms with Crippen molar-refractivity contribution in [2.75, 3.05) is 6.54 Å². The van der Waals surface area contributed by atoms with Crippen LogP contribution in [0.15, 0.2) is 28.7 Å². The monoisotopic (exact) mass is 306 g/mol. The molecule has 3 N–H and O–H groups in total. The Morgan fingerprint density at radius 1 is 1.56 bits per heavy atom. The van der Waals surface area contributed by atoms with Crippen molar-refractivity contribution in [2.45, 2.75) is 19.4 Å². The third-order valence-electron chi connectivity index (χ3n) is 2.02. The van der Waals surface area contributed by atoms with E-state index in [4.69, 9.17) is 5.73 Å². The van der Waals surface area contributed by atoms with Crippen LogP contribution in [0.5, 0.6) is 0 Å². The summed E-state index contributed by atoms with van der Waals surface area (Å²) in [6, 6.07) is 8.15. The van der Waals surface area contributed by atoms with Gasteiger partial charge < -0.3 is 11.1 Å². The summed E-state index contributed by atoms with van der Waals surface area (Å²) in [6.07, 6.45) is 0.811. The molecule has 0 saturated carbocycles. The van der Waals surface area contributed by atoms with Crippen LogP contribution in [0.4, 0.5) is 0 Å². The number of hydrogen-bond donors (Lipinski definition) is 2. The van der Waals surface area contributed by atoms with Crippen molar-refractivity contribution in [2.24, 2.45) is 5.73 Å². The van der Waals surface area contributed by atoms with Crippen LogP contribution >= 0.6 is 28.3 Å². The summed E-state index contributed by atoms with van der Waals surface area (Å²) >= 11 is 3.41. The molecule has 0 aliphatic heterocycles. The second-order valence-corrected chi connectivity index (χ2v) is 4.42. The molecule has 90 valence electrons. The third-order valence-corrected chi connectivity index (χ3v) is 2.52. The lowest BCUT2D eigenvalue weighted by Crippen LogP contribution is -2.38. The van der Waals surface area contributed by atoms with Crippen molar-refractivity contribution in [3.8, 4) is 0 Å². The van der Waals surface area contributed by atoms with Gasteiger partial charge in [0.05, 0.1) is 6.54 Å². The fraction of sp³-hybridized carbons (Fsp3) is 0.364. The number of amides is 1. The minimum atomic E-state index is -0.113. The van der Waals surface area contributed by atoms with Crippen molar-refractivity contribution in [3.05, 3.63) is 34.3 Å². The van der Waals surface area contributed by atoms with E-state index in [1.54, 1.807) is 0 Å². The van der Waals surface area contributed by atoms with Crippen LogP contribution in [0.3, 0.4) is 0 Å². The van der Waals surface area contributed by atoms with Crippen LogP contribution in [-0.2, 0) is 11.2 Å². The van der Waals surface area contributed by atoms with Crippen molar-refractivity contribution < 1.29 is 4.79 Å². The lowest BCUT2D eigenvalue weighted by Gasteiger charge is -2.13. The number of rotatable bonds is 4. The molecule has 5 heteroatoms. The highest BCUT2D eigenvalue weighted by Crippen LogP contribution is 2.12. The lowest BCUT2D eigenvalue weighted by atomic mass is 10.1. The summed E-state index contributed by atoms with van der Waals surface area (Å²) in [5, 5.41) is 2.82. The normalized spacial score (nSPS) is 11.4. The highest BCUT2D eigenvalue weighted by atomic mass is 79.9. The molecule has 0 aliphatic carbocycles. The van der Waals surface area contributed by atoms with Gasteiger partial charge in [0.25, 0.3) is 0 Å². The van der Waals surface area contributed by atoms with Gasteiger partial charge >= 0.3 is 0 Å². The molecule has 0 saturated heterocycles. The van der Waals surface area contributed by atoms with E-state index in [9.17, 15) is 4.79 Å². The predicted molar refractivity (Wildman–Crippen MR) is 71.8 cm³/mol. The Morgan fingerprint density at radius 3 is 2.81 bits per heavy atom. The molecule has 1 aromatic carbocycles. The average Bonchev–Trinajstić information content (AvgIpc) is 2.17. The first-order chi connectivity index (χ1) is 7.11.